The fourth-order valence-corrected chi connectivity index (χ4v) is 3.25. The van der Waals surface area contributed by atoms with Crippen LogP contribution in [0.3, 0.4) is 0 Å². The standard InChI is InChI=1S/C15H22N2O2/c1-15(2)14(16-3)6-7-17(15)11-4-5-12-13(10-11)19-9-8-18-12/h4-5,10,14,16H,6-9H2,1-3H3. The lowest BCUT2D eigenvalue weighted by Crippen LogP contribution is -2.50. The van der Waals surface area contributed by atoms with Gasteiger partial charge in [0.15, 0.2) is 11.5 Å². The van der Waals surface area contributed by atoms with E-state index in [1.54, 1.807) is 0 Å². The van der Waals surface area contributed by atoms with Crippen molar-refractivity contribution in [2.24, 2.45) is 0 Å². The molecule has 104 valence electrons. The molecule has 0 aliphatic carbocycles. The van der Waals surface area contributed by atoms with E-state index < -0.39 is 0 Å². The maximum atomic E-state index is 5.68. The predicted molar refractivity (Wildman–Crippen MR) is 76.3 cm³/mol. The van der Waals surface area contributed by atoms with E-state index >= 15 is 0 Å². The molecule has 19 heavy (non-hydrogen) atoms. The van der Waals surface area contributed by atoms with Gasteiger partial charge in [-0.15, -0.1) is 0 Å². The van der Waals surface area contributed by atoms with Crippen molar-refractivity contribution in [3.05, 3.63) is 18.2 Å². The van der Waals surface area contributed by atoms with E-state index in [-0.39, 0.29) is 5.54 Å². The number of hydrogen-bond acceptors (Lipinski definition) is 4. The number of fused-ring (bicyclic) bond motifs is 1. The Hall–Kier alpha value is -1.42. The molecule has 1 N–H and O–H groups in total. The highest BCUT2D eigenvalue weighted by molar-refractivity contribution is 5.59. The van der Waals surface area contributed by atoms with Gasteiger partial charge >= 0.3 is 0 Å². The molecule has 0 spiro atoms. The number of nitrogens with one attached hydrogen (secondary N) is 1. The molecule has 1 fully saturated rings. The molecule has 0 saturated carbocycles. The largest absolute Gasteiger partial charge is 0.486 e. The Labute approximate surface area is 114 Å². The van der Waals surface area contributed by atoms with Crippen molar-refractivity contribution in [2.75, 3.05) is 31.7 Å². The van der Waals surface area contributed by atoms with E-state index in [0.717, 1.165) is 24.5 Å². The zero-order valence-electron chi connectivity index (χ0n) is 11.9. The Balaban J connectivity index is 1.90. The van der Waals surface area contributed by atoms with Gasteiger partial charge in [-0.25, -0.2) is 0 Å². The second-order valence-electron chi connectivity index (χ2n) is 5.76. The molecule has 0 bridgehead atoms. The lowest BCUT2D eigenvalue weighted by molar-refractivity contribution is 0.171. The van der Waals surface area contributed by atoms with E-state index in [1.165, 1.54) is 5.69 Å². The smallest absolute Gasteiger partial charge is 0.163 e. The van der Waals surface area contributed by atoms with Gasteiger partial charge in [0.2, 0.25) is 0 Å². The summed E-state index contributed by atoms with van der Waals surface area (Å²) in [7, 11) is 2.04. The maximum Gasteiger partial charge on any atom is 0.163 e. The summed E-state index contributed by atoms with van der Waals surface area (Å²) in [4.78, 5) is 2.45. The van der Waals surface area contributed by atoms with Crippen LogP contribution in [0.5, 0.6) is 11.5 Å². The first-order chi connectivity index (χ1) is 9.13. The zero-order valence-corrected chi connectivity index (χ0v) is 11.9. The van der Waals surface area contributed by atoms with Crippen LogP contribution in [0.1, 0.15) is 20.3 Å². The Morgan fingerprint density at radius 2 is 1.95 bits per heavy atom. The highest BCUT2D eigenvalue weighted by atomic mass is 16.6. The van der Waals surface area contributed by atoms with Crippen molar-refractivity contribution in [3.63, 3.8) is 0 Å². The molecular formula is C15H22N2O2. The Morgan fingerprint density at radius 1 is 1.21 bits per heavy atom. The van der Waals surface area contributed by atoms with Gasteiger partial charge in [0.1, 0.15) is 13.2 Å². The van der Waals surface area contributed by atoms with Gasteiger partial charge in [-0.05, 0) is 39.4 Å². The van der Waals surface area contributed by atoms with E-state index in [9.17, 15) is 0 Å². The second kappa shape index (κ2) is 4.60. The summed E-state index contributed by atoms with van der Waals surface area (Å²) in [5, 5.41) is 3.42. The summed E-state index contributed by atoms with van der Waals surface area (Å²) in [5.41, 5.74) is 1.32. The van der Waals surface area contributed by atoms with Gasteiger partial charge in [0.25, 0.3) is 0 Å². The SMILES string of the molecule is CNC1CCN(c2ccc3c(c2)OCCO3)C1(C)C. The Kier molecular flexibility index (Phi) is 3.05. The lowest BCUT2D eigenvalue weighted by Gasteiger charge is -2.38. The lowest BCUT2D eigenvalue weighted by atomic mass is 9.95. The minimum absolute atomic E-state index is 0.110. The quantitative estimate of drug-likeness (QED) is 0.884. The molecule has 0 aromatic heterocycles. The molecule has 1 saturated heterocycles. The molecular weight excluding hydrogens is 240 g/mol. The van der Waals surface area contributed by atoms with Gasteiger partial charge < -0.3 is 19.7 Å². The first-order valence-corrected chi connectivity index (χ1v) is 6.97. The summed E-state index contributed by atoms with van der Waals surface area (Å²) >= 11 is 0. The zero-order chi connectivity index (χ0) is 13.5. The number of likely N-dealkylation sites (N-methyl/N-ethyl adjacent to an activating group) is 1. The van der Waals surface area contributed by atoms with Crippen LogP contribution in [0.2, 0.25) is 0 Å². The summed E-state index contributed by atoms with van der Waals surface area (Å²) in [6.07, 6.45) is 1.16. The fraction of sp³-hybridized carbons (Fsp3) is 0.600. The van der Waals surface area contributed by atoms with Crippen LogP contribution in [0.15, 0.2) is 18.2 Å². The molecule has 2 aliphatic rings. The summed E-state index contributed by atoms with van der Waals surface area (Å²) in [6.45, 7) is 6.93. The average molecular weight is 262 g/mol. The van der Waals surface area contributed by atoms with E-state index in [2.05, 4.69) is 36.2 Å². The average Bonchev–Trinajstić information content (AvgIpc) is 2.72. The van der Waals surface area contributed by atoms with Crippen molar-refractivity contribution in [1.82, 2.24) is 5.32 Å². The summed E-state index contributed by atoms with van der Waals surface area (Å²) < 4.78 is 11.3. The molecule has 1 atom stereocenters. The van der Waals surface area contributed by atoms with Gasteiger partial charge in [-0.3, -0.25) is 0 Å². The van der Waals surface area contributed by atoms with Crippen LogP contribution in [0.4, 0.5) is 5.69 Å². The molecule has 1 aromatic carbocycles. The number of nitrogens with zero attached hydrogens (tertiary/aromatic N) is 1. The molecule has 2 heterocycles. The molecule has 1 unspecified atom stereocenters. The third-order valence-corrected chi connectivity index (χ3v) is 4.38. The molecule has 1 aromatic rings. The minimum atomic E-state index is 0.110. The van der Waals surface area contributed by atoms with Crippen LogP contribution < -0.4 is 19.7 Å². The van der Waals surface area contributed by atoms with E-state index in [1.807, 2.05) is 13.1 Å². The first-order valence-electron chi connectivity index (χ1n) is 6.97. The van der Waals surface area contributed by atoms with Crippen molar-refractivity contribution in [1.29, 1.82) is 0 Å². The van der Waals surface area contributed by atoms with Gasteiger partial charge in [-0.1, -0.05) is 0 Å². The van der Waals surface area contributed by atoms with Crippen LogP contribution in [0, 0.1) is 0 Å². The minimum Gasteiger partial charge on any atom is -0.486 e. The number of anilines is 1. The van der Waals surface area contributed by atoms with Gasteiger partial charge in [-0.2, -0.15) is 0 Å². The van der Waals surface area contributed by atoms with Crippen LogP contribution in [0.25, 0.3) is 0 Å². The second-order valence-corrected chi connectivity index (χ2v) is 5.76. The van der Waals surface area contributed by atoms with Gasteiger partial charge in [0.05, 0.1) is 0 Å². The summed E-state index contributed by atoms with van der Waals surface area (Å²) in [5.74, 6) is 1.73. The third kappa shape index (κ3) is 2.04. The Bertz CT molecular complexity index is 473. The van der Waals surface area contributed by atoms with Crippen molar-refractivity contribution in [2.45, 2.75) is 31.8 Å². The highest BCUT2D eigenvalue weighted by Gasteiger charge is 2.40. The molecule has 0 radical (unpaired) electrons. The van der Waals surface area contributed by atoms with Crippen molar-refractivity contribution in [3.8, 4) is 11.5 Å². The number of ether oxygens (including phenoxy) is 2. The first kappa shape index (κ1) is 12.6. The van der Waals surface area contributed by atoms with E-state index in [0.29, 0.717) is 19.3 Å². The molecule has 0 amide bonds. The summed E-state index contributed by atoms with van der Waals surface area (Å²) in [6, 6.07) is 6.77. The fourth-order valence-electron chi connectivity index (χ4n) is 3.25. The maximum absolute atomic E-state index is 5.68. The number of rotatable bonds is 2. The molecule has 4 heteroatoms. The Morgan fingerprint density at radius 3 is 2.63 bits per heavy atom. The van der Waals surface area contributed by atoms with Crippen LogP contribution >= 0.6 is 0 Å². The normalized spacial score (nSPS) is 24.6. The van der Waals surface area contributed by atoms with E-state index in [4.69, 9.17) is 9.47 Å². The van der Waals surface area contributed by atoms with Crippen LogP contribution in [-0.2, 0) is 0 Å². The monoisotopic (exact) mass is 262 g/mol. The van der Waals surface area contributed by atoms with Gasteiger partial charge in [0, 0.05) is 29.9 Å². The number of benzene rings is 1. The molecule has 3 rings (SSSR count). The predicted octanol–water partition coefficient (Wildman–Crippen LogP) is 2.03. The van der Waals surface area contributed by atoms with Crippen molar-refractivity contribution < 1.29 is 9.47 Å². The highest BCUT2D eigenvalue weighted by Crippen LogP contribution is 2.39. The molecule has 4 nitrogen and oxygen atoms in total. The van der Waals surface area contributed by atoms with Crippen LogP contribution in [-0.4, -0.2) is 38.4 Å². The molecule has 2 aliphatic heterocycles. The number of hydrogen-bond donors (Lipinski definition) is 1. The van der Waals surface area contributed by atoms with Crippen molar-refractivity contribution >= 4 is 5.69 Å². The topological polar surface area (TPSA) is 33.7 Å². The third-order valence-electron chi connectivity index (χ3n) is 4.38.